The van der Waals surface area contributed by atoms with Gasteiger partial charge < -0.3 is 18.9 Å². The van der Waals surface area contributed by atoms with Gasteiger partial charge in [0.15, 0.2) is 0 Å². The molecule has 0 saturated carbocycles. The number of nitrogens with one attached hydrogen (secondary N) is 4. The van der Waals surface area contributed by atoms with Crippen molar-refractivity contribution in [1.29, 1.82) is 0 Å². The van der Waals surface area contributed by atoms with E-state index in [0.717, 1.165) is 47.9 Å². The average Bonchev–Trinajstić information content (AvgIpc) is 3.44. The van der Waals surface area contributed by atoms with Crippen molar-refractivity contribution < 1.29 is 38.1 Å². The predicted octanol–water partition coefficient (Wildman–Crippen LogP) is 20.0. The lowest BCUT2D eigenvalue weighted by molar-refractivity contribution is 0.214. The van der Waals surface area contributed by atoms with Crippen molar-refractivity contribution in [2.45, 2.75) is 60.8 Å². The first-order valence-electron chi connectivity index (χ1n) is 24.2. The Morgan fingerprint density at radius 2 is 0.646 bits per heavy atom. The second kappa shape index (κ2) is 33.8. The molecule has 0 unspecified atom stereocenters. The van der Waals surface area contributed by atoms with Crippen LogP contribution in [0, 0.1) is 0 Å². The van der Waals surface area contributed by atoms with Gasteiger partial charge in [-0.1, -0.05) is 171 Å². The van der Waals surface area contributed by atoms with Crippen molar-refractivity contribution >= 4 is 117 Å². The van der Waals surface area contributed by atoms with Crippen LogP contribution in [0.15, 0.2) is 182 Å². The summed E-state index contributed by atoms with van der Waals surface area (Å²) in [6, 6.07) is 52.8. The number of rotatable bonds is 12. The van der Waals surface area contributed by atoms with Gasteiger partial charge in [0, 0.05) is 10.0 Å². The highest BCUT2D eigenvalue weighted by Gasteiger charge is 2.13. The molecule has 8 aromatic rings. The van der Waals surface area contributed by atoms with Gasteiger partial charge in [0.2, 0.25) is 0 Å². The maximum absolute atomic E-state index is 11.8. The molecule has 0 aliphatic carbocycles. The van der Waals surface area contributed by atoms with Crippen molar-refractivity contribution in [3.63, 3.8) is 0 Å². The van der Waals surface area contributed by atoms with E-state index in [-0.39, 0.29) is 7.43 Å². The highest BCUT2D eigenvalue weighted by molar-refractivity contribution is 6.35. The molecule has 4 N–H and O–H groups in total. The standard InChI is InChI=1S/2C15H13Cl2NO2.2C15H14ClNO2.CH4/c1-2-10-3-8-14(13(17)9-10)18-15(19)20-12-6-4-11(16)5-7-12;1-2-10-4-3-5-13(14(10)17)18-15(19)20-12-8-6-11(16)7-9-12;2*1-2-11-8-9-14(13(16)10-11)17-15(18)19-12-6-4-3-5-7-12;/h2*3-9H,2H2,1H3,(H,18,19);2*3-10H,2H2,1H3,(H,17,18);1H4. The lowest BCUT2D eigenvalue weighted by atomic mass is 10.1. The lowest BCUT2D eigenvalue weighted by Gasteiger charge is -2.10. The third-order valence-corrected chi connectivity index (χ3v) is 12.6. The molecule has 0 radical (unpaired) electrons. The summed E-state index contributed by atoms with van der Waals surface area (Å²) >= 11 is 36.0. The Morgan fingerprint density at radius 3 is 0.937 bits per heavy atom. The number of carbonyl (C=O) groups excluding carboxylic acids is 4. The molecule has 0 aromatic heterocycles. The summed E-state index contributed by atoms with van der Waals surface area (Å²) in [5.74, 6) is 1.80. The second-order valence-corrected chi connectivity index (χ2v) is 18.7. The molecule has 18 heteroatoms. The molecule has 0 saturated heterocycles. The molecule has 412 valence electrons. The minimum absolute atomic E-state index is 0. The monoisotopic (exact) mass is 1180 g/mol. The van der Waals surface area contributed by atoms with Crippen molar-refractivity contribution in [3.05, 3.63) is 234 Å². The van der Waals surface area contributed by atoms with Crippen LogP contribution >= 0.6 is 69.6 Å². The summed E-state index contributed by atoms with van der Waals surface area (Å²) < 4.78 is 20.5. The molecule has 0 aliphatic rings. The van der Waals surface area contributed by atoms with Gasteiger partial charge in [-0.05, 0) is 163 Å². The first-order valence-corrected chi connectivity index (χ1v) is 26.5. The van der Waals surface area contributed by atoms with Gasteiger partial charge in [-0.3, -0.25) is 21.3 Å². The van der Waals surface area contributed by atoms with Crippen LogP contribution in [0.5, 0.6) is 23.0 Å². The number of aryl methyl sites for hydroxylation is 4. The number of benzene rings is 8. The molecule has 8 rings (SSSR count). The van der Waals surface area contributed by atoms with Crippen LogP contribution in [0.1, 0.15) is 57.4 Å². The SMILES string of the molecule is C.CCc1ccc(NC(=O)Oc2ccc(Cl)cc2)c(Cl)c1.CCc1ccc(NC(=O)Oc2ccccc2)c(Cl)c1.CCc1ccc(NC(=O)Oc2ccccc2)c(Cl)c1.CCc1cccc(NC(=O)Oc2ccc(Cl)cc2)c1Cl. The van der Waals surface area contributed by atoms with E-state index in [1.165, 1.54) is 0 Å². The minimum atomic E-state index is -0.599. The second-order valence-electron chi connectivity index (χ2n) is 16.2. The lowest BCUT2D eigenvalue weighted by Crippen LogP contribution is -2.17. The van der Waals surface area contributed by atoms with Gasteiger partial charge in [-0.25, -0.2) is 19.2 Å². The van der Waals surface area contributed by atoms with Gasteiger partial charge in [0.05, 0.1) is 42.8 Å². The van der Waals surface area contributed by atoms with Crippen LogP contribution in [-0.4, -0.2) is 24.4 Å². The predicted molar refractivity (Wildman–Crippen MR) is 324 cm³/mol. The Bertz CT molecular complexity index is 3120. The fourth-order valence-electron chi connectivity index (χ4n) is 6.54. The Morgan fingerprint density at radius 1 is 0.342 bits per heavy atom. The highest BCUT2D eigenvalue weighted by Crippen LogP contribution is 2.29. The number of ether oxygens (including phenoxy) is 4. The molecule has 0 atom stereocenters. The number of anilines is 4. The van der Waals surface area contributed by atoms with E-state index in [1.807, 2.05) is 88.4 Å². The topological polar surface area (TPSA) is 153 Å². The van der Waals surface area contributed by atoms with Crippen molar-refractivity contribution in [2.24, 2.45) is 0 Å². The Labute approximate surface area is 491 Å². The number of hydrogen-bond acceptors (Lipinski definition) is 8. The van der Waals surface area contributed by atoms with Crippen LogP contribution in [0.2, 0.25) is 30.1 Å². The normalized spacial score (nSPS) is 9.95. The van der Waals surface area contributed by atoms with Gasteiger partial charge in [-0.15, -0.1) is 0 Å². The number of carbonyl (C=O) groups is 4. The fraction of sp³-hybridized carbons (Fsp3) is 0.148. The summed E-state index contributed by atoms with van der Waals surface area (Å²) in [5.41, 5.74) is 6.44. The first-order chi connectivity index (χ1) is 37.5. The zero-order chi connectivity index (χ0) is 56.4. The quantitative estimate of drug-likeness (QED) is 0.0943. The van der Waals surface area contributed by atoms with Crippen LogP contribution in [0.25, 0.3) is 0 Å². The van der Waals surface area contributed by atoms with Crippen LogP contribution in [-0.2, 0) is 25.7 Å². The number of hydrogen-bond donors (Lipinski definition) is 4. The Balaban J connectivity index is 0.000000226. The molecule has 0 fully saturated rings. The van der Waals surface area contributed by atoms with Gasteiger partial charge in [0.1, 0.15) is 23.0 Å². The maximum Gasteiger partial charge on any atom is 0.417 e. The molecule has 0 heterocycles. The van der Waals surface area contributed by atoms with Gasteiger partial charge >= 0.3 is 24.4 Å². The Kier molecular flexibility index (Phi) is 27.4. The third kappa shape index (κ3) is 22.5. The summed E-state index contributed by atoms with van der Waals surface area (Å²) in [5, 5.41) is 13.6. The molecular weight excluding hydrogens is 1130 g/mol. The fourth-order valence-corrected chi connectivity index (χ4v) is 7.85. The largest absolute Gasteiger partial charge is 0.417 e. The van der Waals surface area contributed by atoms with E-state index in [4.69, 9.17) is 88.6 Å². The number of halogens is 6. The van der Waals surface area contributed by atoms with Crippen LogP contribution in [0.3, 0.4) is 0 Å². The molecule has 0 spiro atoms. The molecule has 0 aliphatic heterocycles. The average molecular weight is 1190 g/mol. The van der Waals surface area contributed by atoms with E-state index in [9.17, 15) is 19.2 Å². The van der Waals surface area contributed by atoms with Crippen molar-refractivity contribution in [3.8, 4) is 23.0 Å². The summed E-state index contributed by atoms with van der Waals surface area (Å²) in [6.45, 7) is 8.12. The van der Waals surface area contributed by atoms with Crippen LogP contribution < -0.4 is 40.2 Å². The molecular formula is C61H58Cl6N4O8. The third-order valence-electron chi connectivity index (χ3n) is 10.7. The Hall–Kier alpha value is -7.42. The van der Waals surface area contributed by atoms with Crippen molar-refractivity contribution in [1.82, 2.24) is 0 Å². The number of amides is 4. The van der Waals surface area contributed by atoms with E-state index >= 15 is 0 Å². The highest BCUT2D eigenvalue weighted by atomic mass is 35.5. The van der Waals surface area contributed by atoms with Crippen molar-refractivity contribution in [2.75, 3.05) is 21.3 Å². The number of para-hydroxylation sites is 2. The smallest absolute Gasteiger partial charge is 0.410 e. The summed E-state index contributed by atoms with van der Waals surface area (Å²) in [7, 11) is 0. The van der Waals surface area contributed by atoms with E-state index < -0.39 is 24.4 Å². The summed E-state index contributed by atoms with van der Waals surface area (Å²) in [6.07, 6.45) is 1.16. The zero-order valence-corrected chi connectivity index (χ0v) is 47.2. The van der Waals surface area contributed by atoms with E-state index in [1.54, 1.807) is 121 Å². The zero-order valence-electron chi connectivity index (χ0n) is 42.7. The van der Waals surface area contributed by atoms with Gasteiger partial charge in [0.25, 0.3) is 0 Å². The first kappa shape index (κ1) is 64.1. The minimum Gasteiger partial charge on any atom is -0.410 e. The molecule has 4 amide bonds. The van der Waals surface area contributed by atoms with Gasteiger partial charge in [-0.2, -0.15) is 0 Å². The summed E-state index contributed by atoms with van der Waals surface area (Å²) in [4.78, 5) is 46.9. The molecule has 0 bridgehead atoms. The molecule has 8 aromatic carbocycles. The van der Waals surface area contributed by atoms with E-state index in [0.29, 0.717) is 75.9 Å². The van der Waals surface area contributed by atoms with Crippen LogP contribution in [0.4, 0.5) is 41.9 Å². The molecule has 12 nitrogen and oxygen atoms in total. The van der Waals surface area contributed by atoms with E-state index in [2.05, 4.69) is 21.3 Å². The molecule has 79 heavy (non-hydrogen) atoms. The maximum atomic E-state index is 11.8.